The number of nitrogens with zero attached hydrogens (tertiary/aromatic N) is 2. The van der Waals surface area contributed by atoms with Crippen molar-refractivity contribution in [1.82, 2.24) is 9.55 Å². The summed E-state index contributed by atoms with van der Waals surface area (Å²) in [6.07, 6.45) is 9.44. The molecule has 0 fully saturated rings. The molecule has 2 aromatic rings. The molecule has 0 atom stereocenters. The number of hydrogen-bond acceptors (Lipinski definition) is 2. The van der Waals surface area contributed by atoms with Crippen molar-refractivity contribution in [2.24, 2.45) is 5.73 Å². The van der Waals surface area contributed by atoms with Crippen molar-refractivity contribution in [2.45, 2.75) is 0 Å². The summed E-state index contributed by atoms with van der Waals surface area (Å²) < 4.78 is 1.98. The molecular weight excluding hydrogens is 186 g/mol. The largest absolute Gasteiger partial charge is 0.327 e. The van der Waals surface area contributed by atoms with Crippen LogP contribution in [-0.4, -0.2) is 16.1 Å². The summed E-state index contributed by atoms with van der Waals surface area (Å²) in [6.45, 7) is 0.554. The van der Waals surface area contributed by atoms with Crippen LogP contribution in [-0.2, 0) is 0 Å². The number of imidazole rings is 1. The summed E-state index contributed by atoms with van der Waals surface area (Å²) in [5.74, 6) is 0. The molecule has 0 saturated heterocycles. The summed E-state index contributed by atoms with van der Waals surface area (Å²) in [4.78, 5) is 4.03. The average molecular weight is 199 g/mol. The van der Waals surface area contributed by atoms with Crippen LogP contribution in [0.3, 0.4) is 0 Å². The normalized spacial score (nSPS) is 11.0. The van der Waals surface area contributed by atoms with Crippen molar-refractivity contribution in [3.8, 4) is 5.69 Å². The van der Waals surface area contributed by atoms with Gasteiger partial charge in [-0.25, -0.2) is 4.98 Å². The van der Waals surface area contributed by atoms with E-state index >= 15 is 0 Å². The summed E-state index contributed by atoms with van der Waals surface area (Å²) in [7, 11) is 0. The topological polar surface area (TPSA) is 43.8 Å². The van der Waals surface area contributed by atoms with E-state index in [1.54, 1.807) is 12.5 Å². The smallest absolute Gasteiger partial charge is 0.0991 e. The van der Waals surface area contributed by atoms with E-state index in [0.717, 1.165) is 11.3 Å². The van der Waals surface area contributed by atoms with Crippen LogP contribution >= 0.6 is 0 Å². The number of nitrogens with two attached hydrogens (primary N) is 1. The van der Waals surface area contributed by atoms with Crippen LogP contribution in [0, 0.1) is 0 Å². The van der Waals surface area contributed by atoms with Crippen molar-refractivity contribution in [1.29, 1.82) is 0 Å². The predicted octanol–water partition coefficient (Wildman–Crippen LogP) is 1.84. The third-order valence-corrected chi connectivity index (χ3v) is 2.15. The minimum Gasteiger partial charge on any atom is -0.327 e. The van der Waals surface area contributed by atoms with Gasteiger partial charge in [-0.15, -0.1) is 0 Å². The summed E-state index contributed by atoms with van der Waals surface area (Å²) in [5, 5.41) is 0. The lowest BCUT2D eigenvalue weighted by Crippen LogP contribution is -1.95. The second kappa shape index (κ2) is 4.57. The van der Waals surface area contributed by atoms with E-state index in [1.165, 1.54) is 0 Å². The Bertz CT molecular complexity index is 444. The molecule has 76 valence electrons. The first-order valence-electron chi connectivity index (χ1n) is 4.86. The highest BCUT2D eigenvalue weighted by molar-refractivity contribution is 5.60. The van der Waals surface area contributed by atoms with Gasteiger partial charge in [0.2, 0.25) is 0 Å². The quantitative estimate of drug-likeness (QED) is 0.819. The van der Waals surface area contributed by atoms with Gasteiger partial charge >= 0.3 is 0 Å². The van der Waals surface area contributed by atoms with E-state index in [4.69, 9.17) is 5.73 Å². The standard InChI is InChI=1S/C12H13N3/c13-7-3-5-11-4-1-2-6-12(11)15-9-8-14-10-15/h1-6,8-10H,7,13H2/b5-3+. The molecule has 15 heavy (non-hydrogen) atoms. The van der Waals surface area contributed by atoms with E-state index in [-0.39, 0.29) is 0 Å². The van der Waals surface area contributed by atoms with E-state index < -0.39 is 0 Å². The first kappa shape index (κ1) is 9.68. The van der Waals surface area contributed by atoms with E-state index in [1.807, 2.05) is 35.0 Å². The Labute approximate surface area is 88.9 Å². The van der Waals surface area contributed by atoms with Crippen LogP contribution < -0.4 is 5.73 Å². The zero-order valence-corrected chi connectivity index (χ0v) is 8.38. The second-order valence-corrected chi connectivity index (χ2v) is 3.17. The molecule has 2 N–H and O–H groups in total. The van der Waals surface area contributed by atoms with Crippen LogP contribution in [0.15, 0.2) is 49.1 Å². The molecule has 1 heterocycles. The molecule has 0 spiro atoms. The lowest BCUT2D eigenvalue weighted by Gasteiger charge is -2.05. The van der Waals surface area contributed by atoms with Crippen molar-refractivity contribution in [2.75, 3.05) is 6.54 Å². The molecule has 0 bridgehead atoms. The molecule has 0 saturated carbocycles. The Kier molecular flexibility index (Phi) is 2.95. The molecule has 3 nitrogen and oxygen atoms in total. The Balaban J connectivity index is 2.43. The maximum absolute atomic E-state index is 5.44. The Hall–Kier alpha value is -1.87. The van der Waals surface area contributed by atoms with Gasteiger partial charge in [-0.2, -0.15) is 0 Å². The van der Waals surface area contributed by atoms with Gasteiger partial charge in [-0.05, 0) is 11.6 Å². The predicted molar refractivity (Wildman–Crippen MR) is 61.7 cm³/mol. The Morgan fingerprint density at radius 1 is 1.33 bits per heavy atom. The van der Waals surface area contributed by atoms with Gasteiger partial charge in [-0.1, -0.05) is 30.4 Å². The fourth-order valence-electron chi connectivity index (χ4n) is 1.46. The van der Waals surface area contributed by atoms with Gasteiger partial charge in [0.05, 0.1) is 12.0 Å². The zero-order chi connectivity index (χ0) is 10.5. The monoisotopic (exact) mass is 199 g/mol. The molecule has 2 rings (SSSR count). The average Bonchev–Trinajstić information content (AvgIpc) is 2.80. The van der Waals surface area contributed by atoms with Crippen LogP contribution in [0.2, 0.25) is 0 Å². The van der Waals surface area contributed by atoms with Crippen LogP contribution in [0.4, 0.5) is 0 Å². The number of rotatable bonds is 3. The second-order valence-electron chi connectivity index (χ2n) is 3.17. The summed E-state index contributed by atoms with van der Waals surface area (Å²) in [6, 6.07) is 8.13. The van der Waals surface area contributed by atoms with Crippen LogP contribution in [0.1, 0.15) is 5.56 Å². The van der Waals surface area contributed by atoms with Gasteiger partial charge in [0.15, 0.2) is 0 Å². The highest BCUT2D eigenvalue weighted by atomic mass is 15.0. The fraction of sp³-hybridized carbons (Fsp3) is 0.0833. The molecule has 0 aliphatic heterocycles. The van der Waals surface area contributed by atoms with Crippen molar-refractivity contribution >= 4 is 6.08 Å². The molecule has 0 aliphatic rings. The van der Waals surface area contributed by atoms with E-state index in [9.17, 15) is 0 Å². The Morgan fingerprint density at radius 2 is 2.20 bits per heavy atom. The fourth-order valence-corrected chi connectivity index (χ4v) is 1.46. The third-order valence-electron chi connectivity index (χ3n) is 2.15. The molecule has 0 unspecified atom stereocenters. The third kappa shape index (κ3) is 2.14. The molecule has 1 aromatic heterocycles. The number of benzene rings is 1. The van der Waals surface area contributed by atoms with Gasteiger partial charge < -0.3 is 10.3 Å². The number of hydrogen-bond donors (Lipinski definition) is 1. The summed E-state index contributed by atoms with van der Waals surface area (Å²) in [5.41, 5.74) is 7.69. The highest BCUT2D eigenvalue weighted by Gasteiger charge is 1.99. The van der Waals surface area contributed by atoms with E-state index in [2.05, 4.69) is 17.1 Å². The van der Waals surface area contributed by atoms with Crippen molar-refractivity contribution in [3.05, 3.63) is 54.6 Å². The van der Waals surface area contributed by atoms with Crippen LogP contribution in [0.5, 0.6) is 0 Å². The van der Waals surface area contributed by atoms with Crippen LogP contribution in [0.25, 0.3) is 11.8 Å². The zero-order valence-electron chi connectivity index (χ0n) is 8.38. The first-order valence-corrected chi connectivity index (χ1v) is 4.86. The van der Waals surface area contributed by atoms with Gasteiger partial charge in [0.25, 0.3) is 0 Å². The highest BCUT2D eigenvalue weighted by Crippen LogP contribution is 2.15. The summed E-state index contributed by atoms with van der Waals surface area (Å²) >= 11 is 0. The van der Waals surface area contributed by atoms with Crippen molar-refractivity contribution < 1.29 is 0 Å². The SMILES string of the molecule is NC/C=C/c1ccccc1-n1ccnc1. The minimum absolute atomic E-state index is 0.554. The Morgan fingerprint density at radius 3 is 2.93 bits per heavy atom. The lowest BCUT2D eigenvalue weighted by atomic mass is 10.1. The van der Waals surface area contributed by atoms with Crippen molar-refractivity contribution in [3.63, 3.8) is 0 Å². The molecule has 3 heteroatoms. The number of aromatic nitrogens is 2. The maximum Gasteiger partial charge on any atom is 0.0991 e. The molecule has 1 aromatic carbocycles. The van der Waals surface area contributed by atoms with Gasteiger partial charge in [-0.3, -0.25) is 0 Å². The molecular formula is C12H13N3. The maximum atomic E-state index is 5.44. The van der Waals surface area contributed by atoms with E-state index in [0.29, 0.717) is 6.54 Å². The van der Waals surface area contributed by atoms with Gasteiger partial charge in [0.1, 0.15) is 0 Å². The molecule has 0 amide bonds. The first-order chi connectivity index (χ1) is 7.42. The molecule has 0 aliphatic carbocycles. The lowest BCUT2D eigenvalue weighted by molar-refractivity contribution is 1.05. The molecule has 0 radical (unpaired) electrons. The number of para-hydroxylation sites is 1. The minimum atomic E-state index is 0.554. The van der Waals surface area contributed by atoms with Gasteiger partial charge in [0, 0.05) is 18.9 Å².